The largest absolute Gasteiger partial charge is 0.392 e. The minimum Gasteiger partial charge on any atom is -0.392 e. The number of rotatable bonds is 3. The summed E-state index contributed by atoms with van der Waals surface area (Å²) >= 11 is 0. The maximum absolute atomic E-state index is 9.18. The fourth-order valence-corrected chi connectivity index (χ4v) is 2.01. The van der Waals surface area contributed by atoms with E-state index < -0.39 is 0 Å². The molecule has 0 aliphatic carbocycles. The van der Waals surface area contributed by atoms with Crippen LogP contribution in [0.5, 0.6) is 0 Å². The summed E-state index contributed by atoms with van der Waals surface area (Å²) in [6, 6.07) is 3.99. The van der Waals surface area contributed by atoms with Crippen LogP contribution in [0.2, 0.25) is 0 Å². The molecule has 0 atom stereocenters. The van der Waals surface area contributed by atoms with E-state index in [4.69, 9.17) is 0 Å². The molecule has 2 rings (SSSR count). The third kappa shape index (κ3) is 2.29. The van der Waals surface area contributed by atoms with Gasteiger partial charge in [-0.3, -0.25) is 0 Å². The van der Waals surface area contributed by atoms with Gasteiger partial charge in [-0.05, 0) is 37.0 Å². The highest BCUT2D eigenvalue weighted by atomic mass is 16.3. The van der Waals surface area contributed by atoms with Gasteiger partial charge >= 0.3 is 0 Å². The van der Waals surface area contributed by atoms with Crippen LogP contribution in [0.3, 0.4) is 0 Å². The molecule has 1 aliphatic rings. The average Bonchev–Trinajstić information content (AvgIpc) is 2.81. The van der Waals surface area contributed by atoms with Crippen molar-refractivity contribution in [2.24, 2.45) is 0 Å². The van der Waals surface area contributed by atoms with E-state index in [-0.39, 0.29) is 6.61 Å². The van der Waals surface area contributed by atoms with E-state index in [9.17, 15) is 5.11 Å². The number of nitrogens with zero attached hydrogens (tertiary/aromatic N) is 2. The van der Waals surface area contributed by atoms with E-state index in [0.717, 1.165) is 36.6 Å². The third-order valence-electron chi connectivity index (χ3n) is 2.90. The molecule has 1 N–H and O–H groups in total. The molecule has 0 saturated carbocycles. The van der Waals surface area contributed by atoms with Gasteiger partial charge in [-0.15, -0.1) is 0 Å². The number of aromatic nitrogens is 1. The molecule has 3 heteroatoms. The van der Waals surface area contributed by atoms with Crippen LogP contribution in [0, 0.1) is 0 Å². The molecule has 0 aromatic carbocycles. The second kappa shape index (κ2) is 4.62. The maximum Gasteiger partial charge on any atom is 0.129 e. The third-order valence-corrected chi connectivity index (χ3v) is 2.90. The van der Waals surface area contributed by atoms with E-state index in [2.05, 4.69) is 16.8 Å². The Bertz CT molecular complexity index is 310. The van der Waals surface area contributed by atoms with Crippen molar-refractivity contribution in [3.05, 3.63) is 23.4 Å². The Hall–Kier alpha value is -1.09. The fourth-order valence-electron chi connectivity index (χ4n) is 2.01. The highest BCUT2D eigenvalue weighted by Gasteiger charge is 2.14. The predicted octanol–water partition coefficient (Wildman–Crippen LogP) is 1.74. The van der Waals surface area contributed by atoms with Crippen molar-refractivity contribution in [1.29, 1.82) is 0 Å². The van der Waals surface area contributed by atoms with Gasteiger partial charge in [0.2, 0.25) is 0 Å². The number of hydrogen-bond acceptors (Lipinski definition) is 3. The number of pyridine rings is 1. The molecule has 1 aromatic heterocycles. The summed E-state index contributed by atoms with van der Waals surface area (Å²) in [7, 11) is 0. The van der Waals surface area contributed by atoms with Crippen LogP contribution in [0.15, 0.2) is 12.1 Å². The minimum absolute atomic E-state index is 0.107. The first-order valence-corrected chi connectivity index (χ1v) is 5.69. The zero-order valence-electron chi connectivity index (χ0n) is 9.24. The van der Waals surface area contributed by atoms with Crippen LogP contribution in [-0.4, -0.2) is 23.2 Å². The SMILES string of the molecule is CCc1cc(CO)cc(N2CCCC2)n1. The second-order valence-electron chi connectivity index (χ2n) is 4.03. The lowest BCUT2D eigenvalue weighted by Gasteiger charge is -2.18. The molecule has 1 aliphatic heterocycles. The van der Waals surface area contributed by atoms with Crippen LogP contribution in [0.1, 0.15) is 31.0 Å². The van der Waals surface area contributed by atoms with Crippen LogP contribution < -0.4 is 4.90 Å². The number of aryl methyl sites for hydroxylation is 1. The van der Waals surface area contributed by atoms with E-state index in [1.54, 1.807) is 0 Å². The lowest BCUT2D eigenvalue weighted by atomic mass is 10.2. The van der Waals surface area contributed by atoms with Gasteiger partial charge in [-0.1, -0.05) is 6.92 Å². The lowest BCUT2D eigenvalue weighted by Crippen LogP contribution is -2.19. The van der Waals surface area contributed by atoms with Gasteiger partial charge in [0.15, 0.2) is 0 Å². The van der Waals surface area contributed by atoms with Crippen LogP contribution >= 0.6 is 0 Å². The summed E-state index contributed by atoms with van der Waals surface area (Å²) in [5.41, 5.74) is 2.05. The first kappa shape index (κ1) is 10.4. The predicted molar refractivity (Wildman–Crippen MR) is 61.0 cm³/mol. The summed E-state index contributed by atoms with van der Waals surface area (Å²) in [6.07, 6.45) is 3.44. The molecule has 1 aromatic rings. The van der Waals surface area contributed by atoms with Gasteiger partial charge in [0.1, 0.15) is 5.82 Å². The van der Waals surface area contributed by atoms with Crippen molar-refractivity contribution in [2.75, 3.05) is 18.0 Å². The van der Waals surface area contributed by atoms with Crippen LogP contribution in [-0.2, 0) is 13.0 Å². The molecule has 1 fully saturated rings. The van der Waals surface area contributed by atoms with Gasteiger partial charge in [0.25, 0.3) is 0 Å². The van der Waals surface area contributed by atoms with Crippen LogP contribution in [0.4, 0.5) is 5.82 Å². The van der Waals surface area contributed by atoms with Crippen molar-refractivity contribution >= 4 is 5.82 Å². The Morgan fingerprint density at radius 1 is 1.33 bits per heavy atom. The monoisotopic (exact) mass is 206 g/mol. The Morgan fingerprint density at radius 3 is 2.67 bits per heavy atom. The molecule has 3 nitrogen and oxygen atoms in total. The summed E-state index contributed by atoms with van der Waals surface area (Å²) in [5.74, 6) is 1.04. The first-order chi connectivity index (χ1) is 7.33. The molecule has 82 valence electrons. The standard InChI is InChI=1S/C12H18N2O/c1-2-11-7-10(9-15)8-12(13-11)14-5-3-4-6-14/h7-8,15H,2-6,9H2,1H3. The van der Waals surface area contributed by atoms with Crippen molar-refractivity contribution < 1.29 is 5.11 Å². The van der Waals surface area contributed by atoms with Crippen molar-refractivity contribution in [2.45, 2.75) is 32.8 Å². The van der Waals surface area contributed by atoms with Gasteiger partial charge in [0, 0.05) is 18.8 Å². The molecule has 1 saturated heterocycles. The topological polar surface area (TPSA) is 36.4 Å². The smallest absolute Gasteiger partial charge is 0.129 e. The molecule has 0 radical (unpaired) electrons. The molecule has 0 bridgehead atoms. The van der Waals surface area contributed by atoms with Crippen LogP contribution in [0.25, 0.3) is 0 Å². The average molecular weight is 206 g/mol. The number of aliphatic hydroxyl groups excluding tert-OH is 1. The summed E-state index contributed by atoms with van der Waals surface area (Å²) < 4.78 is 0. The molecule has 0 spiro atoms. The molecule has 0 amide bonds. The zero-order valence-corrected chi connectivity index (χ0v) is 9.24. The van der Waals surface area contributed by atoms with Crippen molar-refractivity contribution in [3.8, 4) is 0 Å². The van der Waals surface area contributed by atoms with Gasteiger partial charge < -0.3 is 10.0 Å². The van der Waals surface area contributed by atoms with E-state index in [1.165, 1.54) is 12.8 Å². The van der Waals surface area contributed by atoms with E-state index in [1.807, 2.05) is 12.1 Å². The van der Waals surface area contributed by atoms with Crippen molar-refractivity contribution in [1.82, 2.24) is 4.98 Å². The quantitative estimate of drug-likeness (QED) is 0.818. The summed E-state index contributed by atoms with van der Waals surface area (Å²) in [5, 5.41) is 9.18. The second-order valence-corrected chi connectivity index (χ2v) is 4.03. The number of aliphatic hydroxyl groups is 1. The van der Waals surface area contributed by atoms with Gasteiger partial charge in [-0.2, -0.15) is 0 Å². The lowest BCUT2D eigenvalue weighted by molar-refractivity contribution is 0.281. The number of anilines is 1. The van der Waals surface area contributed by atoms with Gasteiger partial charge in [0.05, 0.1) is 6.61 Å². The molecular formula is C12H18N2O. The molecular weight excluding hydrogens is 188 g/mol. The Morgan fingerprint density at radius 2 is 2.07 bits per heavy atom. The molecule has 15 heavy (non-hydrogen) atoms. The summed E-state index contributed by atoms with van der Waals surface area (Å²) in [4.78, 5) is 6.90. The van der Waals surface area contributed by atoms with Crippen molar-refractivity contribution in [3.63, 3.8) is 0 Å². The fraction of sp³-hybridized carbons (Fsp3) is 0.583. The maximum atomic E-state index is 9.18. The molecule has 2 heterocycles. The first-order valence-electron chi connectivity index (χ1n) is 5.69. The van der Waals surface area contributed by atoms with E-state index >= 15 is 0 Å². The summed E-state index contributed by atoms with van der Waals surface area (Å²) in [6.45, 7) is 4.41. The van der Waals surface area contributed by atoms with E-state index in [0.29, 0.717) is 0 Å². The Balaban J connectivity index is 2.28. The van der Waals surface area contributed by atoms with Gasteiger partial charge in [-0.25, -0.2) is 4.98 Å². The molecule has 0 unspecified atom stereocenters. The highest BCUT2D eigenvalue weighted by molar-refractivity contribution is 5.43. The Kier molecular flexibility index (Phi) is 3.21. The number of hydrogen-bond donors (Lipinski definition) is 1. The zero-order chi connectivity index (χ0) is 10.7. The Labute approximate surface area is 90.8 Å². The normalized spacial score (nSPS) is 16.0. The minimum atomic E-state index is 0.107. The highest BCUT2D eigenvalue weighted by Crippen LogP contribution is 2.20.